The van der Waals surface area contributed by atoms with E-state index in [1.54, 1.807) is 29.7 Å². The lowest BCUT2D eigenvalue weighted by Gasteiger charge is -2.10. The largest absolute Gasteiger partial charge is 0.255 e. The van der Waals surface area contributed by atoms with E-state index < -0.39 is 10.0 Å². The quantitative estimate of drug-likeness (QED) is 0.557. The Kier molecular flexibility index (Phi) is 4.55. The summed E-state index contributed by atoms with van der Waals surface area (Å²) in [4.78, 5) is 5.69. The van der Waals surface area contributed by atoms with E-state index in [-0.39, 0.29) is 11.4 Å². The first kappa shape index (κ1) is 16.9. The molecule has 0 bridgehead atoms. The van der Waals surface area contributed by atoms with Crippen molar-refractivity contribution in [2.24, 2.45) is 0 Å². The third-order valence-corrected chi connectivity index (χ3v) is 6.41. The molecule has 0 radical (unpaired) electrons. The minimum atomic E-state index is -3.61. The van der Waals surface area contributed by atoms with Gasteiger partial charge in [-0.1, -0.05) is 42.5 Å². The molecule has 4 nitrogen and oxygen atoms in total. The molecule has 130 valence electrons. The number of pyridine rings is 1. The Morgan fingerprint density at radius 3 is 2.58 bits per heavy atom. The van der Waals surface area contributed by atoms with Crippen molar-refractivity contribution in [3.05, 3.63) is 83.9 Å². The second-order valence-electron chi connectivity index (χ2n) is 5.82. The molecule has 0 unspecified atom stereocenters. The van der Waals surface area contributed by atoms with E-state index in [0.29, 0.717) is 0 Å². The van der Waals surface area contributed by atoms with Crippen molar-refractivity contribution in [1.29, 1.82) is 0 Å². The van der Waals surface area contributed by atoms with Gasteiger partial charge in [-0.15, -0.1) is 11.3 Å². The van der Waals surface area contributed by atoms with Gasteiger partial charge < -0.3 is 0 Å². The molecule has 4 aromatic rings. The summed E-state index contributed by atoms with van der Waals surface area (Å²) in [5.74, 6) is 0. The lowest BCUT2D eigenvalue weighted by molar-refractivity contribution is 0.581. The van der Waals surface area contributed by atoms with Gasteiger partial charge in [-0.3, -0.25) is 4.98 Å². The van der Waals surface area contributed by atoms with Crippen molar-refractivity contribution in [1.82, 2.24) is 9.71 Å². The number of nitrogens with zero attached hydrogens (tertiary/aromatic N) is 1. The lowest BCUT2D eigenvalue weighted by atomic mass is 10.1. The van der Waals surface area contributed by atoms with Crippen molar-refractivity contribution in [3.8, 4) is 10.6 Å². The molecule has 26 heavy (non-hydrogen) atoms. The maximum atomic E-state index is 12.7. The van der Waals surface area contributed by atoms with E-state index in [1.807, 2.05) is 60.0 Å². The van der Waals surface area contributed by atoms with Crippen molar-refractivity contribution in [2.45, 2.75) is 11.4 Å². The molecular weight excluding hydrogens is 364 g/mol. The number of hydrogen-bond acceptors (Lipinski definition) is 4. The van der Waals surface area contributed by atoms with Crippen LogP contribution in [0.4, 0.5) is 0 Å². The van der Waals surface area contributed by atoms with Gasteiger partial charge in [-0.25, -0.2) is 13.1 Å². The fourth-order valence-electron chi connectivity index (χ4n) is 2.81. The zero-order valence-electron chi connectivity index (χ0n) is 13.8. The predicted octanol–water partition coefficient (Wildman–Crippen LogP) is 4.44. The molecule has 2 aromatic heterocycles. The van der Waals surface area contributed by atoms with Gasteiger partial charge in [0.2, 0.25) is 10.0 Å². The minimum absolute atomic E-state index is 0.191. The first-order valence-corrected chi connectivity index (χ1v) is 10.5. The van der Waals surface area contributed by atoms with Crippen LogP contribution in [0.2, 0.25) is 0 Å². The lowest BCUT2D eigenvalue weighted by Crippen LogP contribution is -2.23. The minimum Gasteiger partial charge on any atom is -0.255 e. The average molecular weight is 380 g/mol. The molecule has 0 amide bonds. The molecule has 6 heteroatoms. The summed E-state index contributed by atoms with van der Waals surface area (Å²) < 4.78 is 28.1. The van der Waals surface area contributed by atoms with Crippen molar-refractivity contribution >= 4 is 32.1 Å². The Labute approximate surface area is 156 Å². The summed E-state index contributed by atoms with van der Waals surface area (Å²) in [7, 11) is -3.61. The first-order valence-electron chi connectivity index (χ1n) is 8.10. The average Bonchev–Trinajstić information content (AvgIpc) is 3.21. The normalized spacial score (nSPS) is 11.7. The van der Waals surface area contributed by atoms with Crippen molar-refractivity contribution in [3.63, 3.8) is 0 Å². The smallest absolute Gasteiger partial charge is 0.240 e. The SMILES string of the molecule is O=S(=O)(NCc1cccnc1-c1cccs1)c1ccc2ccccc2c1. The molecule has 0 aliphatic heterocycles. The summed E-state index contributed by atoms with van der Waals surface area (Å²) in [5.41, 5.74) is 1.66. The van der Waals surface area contributed by atoms with Gasteiger partial charge in [0.15, 0.2) is 0 Å². The Bertz CT molecular complexity index is 1150. The number of sulfonamides is 1. The predicted molar refractivity (Wildman–Crippen MR) is 106 cm³/mol. The maximum Gasteiger partial charge on any atom is 0.240 e. The summed E-state index contributed by atoms with van der Waals surface area (Å²) in [6, 6.07) is 20.5. The van der Waals surface area contributed by atoms with Gasteiger partial charge in [0, 0.05) is 12.7 Å². The highest BCUT2D eigenvalue weighted by molar-refractivity contribution is 7.89. The van der Waals surface area contributed by atoms with Crippen LogP contribution in [0, 0.1) is 0 Å². The highest BCUT2D eigenvalue weighted by atomic mass is 32.2. The van der Waals surface area contributed by atoms with Crippen LogP contribution >= 0.6 is 11.3 Å². The monoisotopic (exact) mass is 380 g/mol. The maximum absolute atomic E-state index is 12.7. The fraction of sp³-hybridized carbons (Fsp3) is 0.0500. The Balaban J connectivity index is 1.61. The second kappa shape index (κ2) is 6.99. The fourth-order valence-corrected chi connectivity index (χ4v) is 4.60. The third-order valence-electron chi connectivity index (χ3n) is 4.13. The first-order chi connectivity index (χ1) is 12.6. The van der Waals surface area contributed by atoms with Crippen molar-refractivity contribution in [2.75, 3.05) is 0 Å². The Morgan fingerprint density at radius 2 is 1.77 bits per heavy atom. The van der Waals surface area contributed by atoms with Gasteiger partial charge in [-0.2, -0.15) is 0 Å². The van der Waals surface area contributed by atoms with Gasteiger partial charge in [0.25, 0.3) is 0 Å². The number of rotatable bonds is 5. The molecule has 4 rings (SSSR count). The molecule has 0 aliphatic carbocycles. The summed E-state index contributed by atoms with van der Waals surface area (Å²) >= 11 is 1.58. The zero-order chi connectivity index (χ0) is 18.0. The van der Waals surface area contributed by atoms with Crippen LogP contribution in [0.25, 0.3) is 21.3 Å². The van der Waals surface area contributed by atoms with Gasteiger partial charge in [0.05, 0.1) is 15.5 Å². The summed E-state index contributed by atoms with van der Waals surface area (Å²) in [6.45, 7) is 0.191. The molecule has 0 atom stereocenters. The van der Waals surface area contributed by atoms with Crippen LogP contribution in [-0.4, -0.2) is 13.4 Å². The Morgan fingerprint density at radius 1 is 0.923 bits per heavy atom. The molecule has 2 aromatic carbocycles. The number of aromatic nitrogens is 1. The van der Waals surface area contributed by atoms with E-state index in [4.69, 9.17) is 0 Å². The number of fused-ring (bicyclic) bond motifs is 1. The van der Waals surface area contributed by atoms with E-state index >= 15 is 0 Å². The summed E-state index contributed by atoms with van der Waals surface area (Å²) in [5, 5.41) is 3.89. The summed E-state index contributed by atoms with van der Waals surface area (Å²) in [6.07, 6.45) is 1.72. The number of benzene rings is 2. The van der Waals surface area contributed by atoms with Gasteiger partial charge in [0.1, 0.15) is 0 Å². The van der Waals surface area contributed by atoms with Crippen LogP contribution in [0.1, 0.15) is 5.56 Å². The van der Waals surface area contributed by atoms with E-state index in [2.05, 4.69) is 9.71 Å². The van der Waals surface area contributed by atoms with Crippen molar-refractivity contribution < 1.29 is 8.42 Å². The van der Waals surface area contributed by atoms with Crippen LogP contribution in [0.3, 0.4) is 0 Å². The number of nitrogens with one attached hydrogen (secondary N) is 1. The molecular formula is C20H16N2O2S2. The van der Waals surface area contributed by atoms with Crippen LogP contribution in [0.5, 0.6) is 0 Å². The highest BCUT2D eigenvalue weighted by Gasteiger charge is 2.16. The Hall–Kier alpha value is -2.54. The molecule has 0 saturated carbocycles. The molecule has 0 spiro atoms. The molecule has 0 saturated heterocycles. The molecule has 0 aliphatic rings. The van der Waals surface area contributed by atoms with Crippen LogP contribution < -0.4 is 4.72 Å². The number of hydrogen-bond donors (Lipinski definition) is 1. The van der Waals surface area contributed by atoms with Crippen LogP contribution in [0.15, 0.2) is 83.2 Å². The van der Waals surface area contributed by atoms with E-state index in [9.17, 15) is 8.42 Å². The zero-order valence-corrected chi connectivity index (χ0v) is 15.4. The molecule has 2 heterocycles. The number of thiophene rings is 1. The second-order valence-corrected chi connectivity index (χ2v) is 8.54. The van der Waals surface area contributed by atoms with E-state index in [0.717, 1.165) is 26.9 Å². The van der Waals surface area contributed by atoms with Crippen LogP contribution in [-0.2, 0) is 16.6 Å². The van der Waals surface area contributed by atoms with E-state index in [1.165, 1.54) is 0 Å². The standard InChI is InChI=1S/C20H16N2O2S2/c23-26(24,18-10-9-15-5-1-2-6-16(15)13-18)22-14-17-7-3-11-21-20(17)19-8-4-12-25-19/h1-13,22H,14H2. The molecule has 1 N–H and O–H groups in total. The van der Waals surface area contributed by atoms with Gasteiger partial charge in [-0.05, 0) is 46.0 Å². The molecule has 0 fully saturated rings. The topological polar surface area (TPSA) is 59.1 Å². The highest BCUT2D eigenvalue weighted by Crippen LogP contribution is 2.26. The third kappa shape index (κ3) is 3.39. The van der Waals surface area contributed by atoms with Gasteiger partial charge >= 0.3 is 0 Å².